The topological polar surface area (TPSA) is 53.1 Å². The van der Waals surface area contributed by atoms with Crippen molar-refractivity contribution in [1.82, 2.24) is 9.78 Å². The third-order valence-corrected chi connectivity index (χ3v) is 2.19. The molecule has 0 fully saturated rings. The van der Waals surface area contributed by atoms with E-state index >= 15 is 0 Å². The van der Waals surface area contributed by atoms with E-state index in [0.717, 1.165) is 23.5 Å². The molecular weight excluding hydrogens is 202 g/mol. The zero-order valence-electron chi connectivity index (χ0n) is 9.26. The zero-order chi connectivity index (χ0) is 11.4. The number of hydrogen-bond acceptors (Lipinski definition) is 3. The van der Waals surface area contributed by atoms with Crippen LogP contribution in [-0.2, 0) is 0 Å². The first-order valence-electron chi connectivity index (χ1n) is 5.33. The first-order chi connectivity index (χ1) is 7.79. The summed E-state index contributed by atoms with van der Waals surface area (Å²) in [5.41, 5.74) is 7.34. The molecule has 16 heavy (non-hydrogen) atoms. The van der Waals surface area contributed by atoms with Crippen LogP contribution in [0.1, 0.15) is 13.3 Å². The van der Waals surface area contributed by atoms with E-state index in [1.807, 2.05) is 30.5 Å². The third-order valence-electron chi connectivity index (χ3n) is 2.19. The molecule has 1 aromatic heterocycles. The first-order valence-corrected chi connectivity index (χ1v) is 5.33. The molecule has 0 aliphatic rings. The Morgan fingerprint density at radius 1 is 1.31 bits per heavy atom. The van der Waals surface area contributed by atoms with Crippen molar-refractivity contribution in [1.29, 1.82) is 0 Å². The molecule has 1 aromatic carbocycles. The molecule has 0 bridgehead atoms. The number of benzene rings is 1. The minimum atomic E-state index is 0.716. The Kier molecular flexibility index (Phi) is 3.10. The fourth-order valence-corrected chi connectivity index (χ4v) is 1.37. The van der Waals surface area contributed by atoms with E-state index in [4.69, 9.17) is 10.5 Å². The molecule has 0 aliphatic carbocycles. The lowest BCUT2D eigenvalue weighted by molar-refractivity contribution is 0.317. The smallest absolute Gasteiger partial charge is 0.157 e. The second-order valence-electron chi connectivity index (χ2n) is 3.56. The molecule has 1 heterocycles. The molecule has 0 spiro atoms. The first kappa shape index (κ1) is 10.5. The van der Waals surface area contributed by atoms with Gasteiger partial charge in [0, 0.05) is 5.69 Å². The molecule has 2 N–H and O–H groups in total. The van der Waals surface area contributed by atoms with Gasteiger partial charge in [-0.15, -0.1) is 0 Å². The largest absolute Gasteiger partial charge is 0.490 e. The molecule has 4 heteroatoms. The van der Waals surface area contributed by atoms with Gasteiger partial charge < -0.3 is 10.5 Å². The molecular formula is C12H15N3O. The standard InChI is InChI=1S/C12H15N3O/c1-2-7-16-12-8-14-15(9-12)11-5-3-10(13)4-6-11/h3-6,8-9H,2,7,13H2,1H3. The number of aromatic nitrogens is 2. The van der Waals surface area contributed by atoms with Gasteiger partial charge in [-0.1, -0.05) is 6.92 Å². The fourth-order valence-electron chi connectivity index (χ4n) is 1.37. The molecule has 0 saturated carbocycles. The van der Waals surface area contributed by atoms with Crippen LogP contribution in [0.5, 0.6) is 5.75 Å². The van der Waals surface area contributed by atoms with Gasteiger partial charge in [-0.3, -0.25) is 0 Å². The van der Waals surface area contributed by atoms with Crippen molar-refractivity contribution >= 4 is 5.69 Å². The lowest BCUT2D eigenvalue weighted by Crippen LogP contribution is -1.95. The van der Waals surface area contributed by atoms with Crippen LogP contribution in [0, 0.1) is 0 Å². The van der Waals surface area contributed by atoms with E-state index in [2.05, 4.69) is 12.0 Å². The number of hydrogen-bond donors (Lipinski definition) is 1. The van der Waals surface area contributed by atoms with E-state index in [9.17, 15) is 0 Å². The lowest BCUT2D eigenvalue weighted by Gasteiger charge is -2.01. The van der Waals surface area contributed by atoms with Gasteiger partial charge in [0.25, 0.3) is 0 Å². The van der Waals surface area contributed by atoms with E-state index in [0.29, 0.717) is 6.61 Å². The normalized spacial score (nSPS) is 10.3. The second-order valence-corrected chi connectivity index (χ2v) is 3.56. The molecule has 2 aromatic rings. The maximum atomic E-state index is 5.62. The van der Waals surface area contributed by atoms with Crippen LogP contribution in [0.2, 0.25) is 0 Å². The van der Waals surface area contributed by atoms with Gasteiger partial charge in [0.2, 0.25) is 0 Å². The van der Waals surface area contributed by atoms with Crippen LogP contribution in [0.3, 0.4) is 0 Å². The van der Waals surface area contributed by atoms with Crippen LogP contribution in [-0.4, -0.2) is 16.4 Å². The Bertz CT molecular complexity index is 448. The number of anilines is 1. The van der Waals surface area contributed by atoms with Crippen molar-refractivity contribution in [2.24, 2.45) is 0 Å². The minimum absolute atomic E-state index is 0.716. The second kappa shape index (κ2) is 4.70. The minimum Gasteiger partial charge on any atom is -0.490 e. The summed E-state index contributed by atoms with van der Waals surface area (Å²) in [6.07, 6.45) is 4.57. The summed E-state index contributed by atoms with van der Waals surface area (Å²) in [4.78, 5) is 0. The van der Waals surface area contributed by atoms with E-state index < -0.39 is 0 Å². The average molecular weight is 217 g/mol. The Morgan fingerprint density at radius 2 is 2.06 bits per heavy atom. The van der Waals surface area contributed by atoms with Crippen LogP contribution < -0.4 is 10.5 Å². The molecule has 0 unspecified atom stereocenters. The molecule has 0 aliphatic heterocycles. The van der Waals surface area contributed by atoms with Gasteiger partial charge >= 0.3 is 0 Å². The van der Waals surface area contributed by atoms with Gasteiger partial charge in [0.05, 0.1) is 24.7 Å². The number of nitrogens with two attached hydrogens (primary N) is 1. The monoisotopic (exact) mass is 217 g/mol. The molecule has 84 valence electrons. The predicted molar refractivity (Wildman–Crippen MR) is 63.8 cm³/mol. The molecule has 0 radical (unpaired) electrons. The molecule has 0 atom stereocenters. The van der Waals surface area contributed by atoms with Gasteiger partial charge in [0.15, 0.2) is 5.75 Å². The summed E-state index contributed by atoms with van der Waals surface area (Å²) in [6.45, 7) is 2.79. The number of nitrogens with zero attached hydrogens (tertiary/aromatic N) is 2. The maximum absolute atomic E-state index is 5.62. The quantitative estimate of drug-likeness (QED) is 0.799. The molecule has 2 rings (SSSR count). The van der Waals surface area contributed by atoms with Crippen molar-refractivity contribution in [2.45, 2.75) is 13.3 Å². The number of rotatable bonds is 4. The summed E-state index contributed by atoms with van der Waals surface area (Å²) in [5.74, 6) is 0.790. The Hall–Kier alpha value is -1.97. The highest BCUT2D eigenvalue weighted by Crippen LogP contribution is 2.14. The SMILES string of the molecule is CCCOc1cnn(-c2ccc(N)cc2)c1. The molecule has 4 nitrogen and oxygen atoms in total. The van der Waals surface area contributed by atoms with Crippen molar-refractivity contribution in [3.63, 3.8) is 0 Å². The fraction of sp³-hybridized carbons (Fsp3) is 0.250. The number of nitrogen functional groups attached to an aromatic ring is 1. The summed E-state index contributed by atoms with van der Waals surface area (Å²) >= 11 is 0. The van der Waals surface area contributed by atoms with E-state index in [-0.39, 0.29) is 0 Å². The Morgan fingerprint density at radius 3 is 2.75 bits per heavy atom. The van der Waals surface area contributed by atoms with E-state index in [1.54, 1.807) is 10.9 Å². The van der Waals surface area contributed by atoms with Crippen molar-refractivity contribution in [3.05, 3.63) is 36.7 Å². The zero-order valence-corrected chi connectivity index (χ0v) is 9.26. The van der Waals surface area contributed by atoms with Crippen LogP contribution >= 0.6 is 0 Å². The highest BCUT2D eigenvalue weighted by molar-refractivity contribution is 5.44. The third kappa shape index (κ3) is 2.34. The Labute approximate surface area is 94.6 Å². The molecule has 0 saturated heterocycles. The summed E-state index contributed by atoms with van der Waals surface area (Å²) < 4.78 is 7.24. The predicted octanol–water partition coefficient (Wildman–Crippen LogP) is 2.24. The number of ether oxygens (including phenoxy) is 1. The molecule has 0 amide bonds. The van der Waals surface area contributed by atoms with Crippen LogP contribution in [0.25, 0.3) is 5.69 Å². The van der Waals surface area contributed by atoms with Crippen molar-refractivity contribution in [2.75, 3.05) is 12.3 Å². The van der Waals surface area contributed by atoms with Crippen LogP contribution in [0.15, 0.2) is 36.7 Å². The highest BCUT2D eigenvalue weighted by atomic mass is 16.5. The Balaban J connectivity index is 2.15. The lowest BCUT2D eigenvalue weighted by atomic mass is 10.3. The maximum Gasteiger partial charge on any atom is 0.157 e. The van der Waals surface area contributed by atoms with Crippen molar-refractivity contribution in [3.8, 4) is 11.4 Å². The van der Waals surface area contributed by atoms with Gasteiger partial charge in [-0.05, 0) is 30.7 Å². The van der Waals surface area contributed by atoms with Gasteiger partial charge in [-0.2, -0.15) is 5.10 Å². The van der Waals surface area contributed by atoms with Crippen LogP contribution in [0.4, 0.5) is 5.69 Å². The summed E-state index contributed by atoms with van der Waals surface area (Å²) in [6, 6.07) is 7.55. The summed E-state index contributed by atoms with van der Waals surface area (Å²) in [7, 11) is 0. The van der Waals surface area contributed by atoms with Gasteiger partial charge in [0.1, 0.15) is 0 Å². The summed E-state index contributed by atoms with van der Waals surface area (Å²) in [5, 5.41) is 4.22. The van der Waals surface area contributed by atoms with Crippen molar-refractivity contribution < 1.29 is 4.74 Å². The highest BCUT2D eigenvalue weighted by Gasteiger charge is 2.00. The average Bonchev–Trinajstić information content (AvgIpc) is 2.76. The van der Waals surface area contributed by atoms with E-state index in [1.165, 1.54) is 0 Å². The van der Waals surface area contributed by atoms with Gasteiger partial charge in [-0.25, -0.2) is 4.68 Å².